The zero-order valence-electron chi connectivity index (χ0n) is 10.0. The Bertz CT molecular complexity index is 266. The van der Waals surface area contributed by atoms with E-state index in [4.69, 9.17) is 0 Å². The molecule has 1 unspecified atom stereocenters. The summed E-state index contributed by atoms with van der Waals surface area (Å²) in [6.45, 7) is 3.23. The Hall–Kier alpha value is -0.860. The molecule has 0 fully saturated rings. The molecular weight excluding hydrogens is 184 g/mol. The molecule has 1 aromatic rings. The van der Waals surface area contributed by atoms with Crippen molar-refractivity contribution in [2.24, 2.45) is 0 Å². The Labute approximate surface area is 93.1 Å². The van der Waals surface area contributed by atoms with Gasteiger partial charge in [-0.05, 0) is 44.6 Å². The van der Waals surface area contributed by atoms with Crippen LogP contribution in [0.15, 0.2) is 24.3 Å². The second kappa shape index (κ2) is 6.59. The summed E-state index contributed by atoms with van der Waals surface area (Å²) in [4.78, 5) is 0. The summed E-state index contributed by atoms with van der Waals surface area (Å²) < 4.78 is 0. The van der Waals surface area contributed by atoms with Crippen LogP contribution in [0.2, 0.25) is 0 Å². The van der Waals surface area contributed by atoms with E-state index in [0.717, 1.165) is 19.4 Å². The van der Waals surface area contributed by atoms with E-state index in [1.807, 2.05) is 14.1 Å². The van der Waals surface area contributed by atoms with Gasteiger partial charge in [-0.15, -0.1) is 0 Å². The first kappa shape index (κ1) is 12.2. The van der Waals surface area contributed by atoms with E-state index in [9.17, 15) is 0 Å². The van der Waals surface area contributed by atoms with Crippen LogP contribution in [-0.2, 0) is 6.42 Å². The molecule has 0 saturated heterocycles. The Morgan fingerprint density at radius 1 is 1.13 bits per heavy atom. The molecule has 0 radical (unpaired) electrons. The molecular formula is C13H22N2. The monoisotopic (exact) mass is 206 g/mol. The third-order valence-electron chi connectivity index (χ3n) is 2.82. The molecule has 2 N–H and O–H groups in total. The summed E-state index contributed by atoms with van der Waals surface area (Å²) in [6.07, 6.45) is 2.24. The van der Waals surface area contributed by atoms with Gasteiger partial charge in [-0.3, -0.25) is 0 Å². The van der Waals surface area contributed by atoms with Gasteiger partial charge in [0, 0.05) is 6.04 Å². The third-order valence-corrected chi connectivity index (χ3v) is 2.82. The molecule has 0 amide bonds. The first-order valence-electron chi connectivity index (χ1n) is 5.72. The number of rotatable bonds is 6. The highest BCUT2D eigenvalue weighted by atomic mass is 14.9. The van der Waals surface area contributed by atoms with Crippen molar-refractivity contribution in [3.05, 3.63) is 35.4 Å². The number of nitrogens with one attached hydrogen (secondary N) is 2. The quantitative estimate of drug-likeness (QED) is 0.745. The molecule has 2 heteroatoms. The van der Waals surface area contributed by atoms with E-state index < -0.39 is 0 Å². The van der Waals surface area contributed by atoms with Crippen molar-refractivity contribution in [2.45, 2.75) is 25.8 Å². The van der Waals surface area contributed by atoms with E-state index in [2.05, 4.69) is 41.8 Å². The smallest absolute Gasteiger partial charge is 0.0329 e. The molecule has 1 rings (SSSR count). The number of aryl methyl sites for hydroxylation is 1. The molecule has 0 bridgehead atoms. The van der Waals surface area contributed by atoms with Crippen LogP contribution in [0.4, 0.5) is 0 Å². The molecule has 2 nitrogen and oxygen atoms in total. The number of hydrogen-bond donors (Lipinski definition) is 2. The fourth-order valence-electron chi connectivity index (χ4n) is 1.75. The largest absolute Gasteiger partial charge is 0.320 e. The lowest BCUT2D eigenvalue weighted by Crippen LogP contribution is -2.21. The average Bonchev–Trinajstić information content (AvgIpc) is 2.31. The van der Waals surface area contributed by atoms with E-state index in [0.29, 0.717) is 6.04 Å². The predicted octanol–water partition coefficient (Wildman–Crippen LogP) is 2.12. The van der Waals surface area contributed by atoms with Gasteiger partial charge in [-0.1, -0.05) is 31.2 Å². The van der Waals surface area contributed by atoms with E-state index in [1.54, 1.807) is 0 Å². The topological polar surface area (TPSA) is 24.1 Å². The summed E-state index contributed by atoms with van der Waals surface area (Å²) >= 11 is 0. The van der Waals surface area contributed by atoms with Gasteiger partial charge in [-0.2, -0.15) is 0 Å². The average molecular weight is 206 g/mol. The van der Waals surface area contributed by atoms with Crippen LogP contribution in [-0.4, -0.2) is 20.6 Å². The van der Waals surface area contributed by atoms with Gasteiger partial charge in [0.1, 0.15) is 0 Å². The maximum atomic E-state index is 3.35. The van der Waals surface area contributed by atoms with Crippen molar-refractivity contribution >= 4 is 0 Å². The third kappa shape index (κ3) is 3.65. The van der Waals surface area contributed by atoms with Crippen molar-refractivity contribution in [3.63, 3.8) is 0 Å². The normalized spacial score (nSPS) is 12.7. The van der Waals surface area contributed by atoms with Crippen LogP contribution in [0.1, 0.15) is 30.5 Å². The molecule has 0 aliphatic heterocycles. The van der Waals surface area contributed by atoms with Crippen molar-refractivity contribution in [3.8, 4) is 0 Å². The van der Waals surface area contributed by atoms with Crippen LogP contribution in [0.3, 0.4) is 0 Å². The Morgan fingerprint density at radius 2 is 1.80 bits per heavy atom. The van der Waals surface area contributed by atoms with E-state index >= 15 is 0 Å². The van der Waals surface area contributed by atoms with Crippen LogP contribution >= 0.6 is 0 Å². The molecule has 0 spiro atoms. The maximum Gasteiger partial charge on any atom is 0.0329 e. The van der Waals surface area contributed by atoms with Crippen LogP contribution in [0, 0.1) is 0 Å². The minimum absolute atomic E-state index is 0.461. The molecule has 0 saturated carbocycles. The van der Waals surface area contributed by atoms with Gasteiger partial charge in [0.2, 0.25) is 0 Å². The number of benzene rings is 1. The predicted molar refractivity (Wildman–Crippen MR) is 66.2 cm³/mol. The molecule has 0 aliphatic carbocycles. The van der Waals surface area contributed by atoms with Crippen LogP contribution in [0.5, 0.6) is 0 Å². The zero-order valence-corrected chi connectivity index (χ0v) is 10.0. The van der Waals surface area contributed by atoms with E-state index in [-0.39, 0.29) is 0 Å². The molecule has 0 heterocycles. The lowest BCUT2D eigenvalue weighted by Gasteiger charge is -2.16. The zero-order chi connectivity index (χ0) is 11.1. The van der Waals surface area contributed by atoms with Gasteiger partial charge in [0.05, 0.1) is 0 Å². The van der Waals surface area contributed by atoms with Gasteiger partial charge >= 0.3 is 0 Å². The Balaban J connectivity index is 2.65. The summed E-state index contributed by atoms with van der Waals surface area (Å²) in [7, 11) is 4.01. The van der Waals surface area contributed by atoms with Gasteiger partial charge in [0.25, 0.3) is 0 Å². The van der Waals surface area contributed by atoms with Crippen molar-refractivity contribution in [2.75, 3.05) is 20.6 Å². The Morgan fingerprint density at radius 3 is 2.27 bits per heavy atom. The maximum absolute atomic E-state index is 3.35. The van der Waals surface area contributed by atoms with Crippen molar-refractivity contribution < 1.29 is 0 Å². The van der Waals surface area contributed by atoms with Gasteiger partial charge in [0.15, 0.2) is 0 Å². The second-order valence-corrected chi connectivity index (χ2v) is 3.83. The lowest BCUT2D eigenvalue weighted by atomic mass is 10.0. The SMILES string of the molecule is CCc1ccc(C(CCNC)NC)cc1. The molecule has 1 atom stereocenters. The highest BCUT2D eigenvalue weighted by Crippen LogP contribution is 2.16. The van der Waals surface area contributed by atoms with Crippen LogP contribution < -0.4 is 10.6 Å². The fraction of sp³-hybridized carbons (Fsp3) is 0.538. The summed E-state index contributed by atoms with van der Waals surface area (Å²) in [6, 6.07) is 9.37. The molecule has 0 aliphatic rings. The van der Waals surface area contributed by atoms with Crippen LogP contribution in [0.25, 0.3) is 0 Å². The highest BCUT2D eigenvalue weighted by molar-refractivity contribution is 5.25. The fourth-order valence-corrected chi connectivity index (χ4v) is 1.75. The van der Waals surface area contributed by atoms with Gasteiger partial charge in [-0.25, -0.2) is 0 Å². The first-order valence-corrected chi connectivity index (χ1v) is 5.72. The molecule has 0 aromatic heterocycles. The van der Waals surface area contributed by atoms with Crippen molar-refractivity contribution in [1.29, 1.82) is 0 Å². The standard InChI is InChI=1S/C13H22N2/c1-4-11-5-7-12(8-6-11)13(15-3)9-10-14-2/h5-8,13-15H,4,9-10H2,1-3H3. The minimum atomic E-state index is 0.461. The summed E-state index contributed by atoms with van der Waals surface area (Å²) in [5.74, 6) is 0. The summed E-state index contributed by atoms with van der Waals surface area (Å²) in [5, 5.41) is 6.54. The Kier molecular flexibility index (Phi) is 5.37. The van der Waals surface area contributed by atoms with E-state index in [1.165, 1.54) is 11.1 Å². The minimum Gasteiger partial charge on any atom is -0.320 e. The number of hydrogen-bond acceptors (Lipinski definition) is 2. The molecule has 1 aromatic carbocycles. The lowest BCUT2D eigenvalue weighted by molar-refractivity contribution is 0.533. The molecule has 15 heavy (non-hydrogen) atoms. The second-order valence-electron chi connectivity index (χ2n) is 3.83. The van der Waals surface area contributed by atoms with Gasteiger partial charge < -0.3 is 10.6 Å². The highest BCUT2D eigenvalue weighted by Gasteiger charge is 2.07. The van der Waals surface area contributed by atoms with Crippen molar-refractivity contribution in [1.82, 2.24) is 10.6 Å². The molecule has 84 valence electrons. The first-order chi connectivity index (χ1) is 7.31. The summed E-state index contributed by atoms with van der Waals surface area (Å²) in [5.41, 5.74) is 2.78.